The van der Waals surface area contributed by atoms with Gasteiger partial charge in [-0.25, -0.2) is 4.79 Å². The van der Waals surface area contributed by atoms with Crippen molar-refractivity contribution >= 4 is 11.7 Å². The van der Waals surface area contributed by atoms with E-state index in [1.165, 1.54) is 6.07 Å². The van der Waals surface area contributed by atoms with E-state index in [1.807, 2.05) is 0 Å². The summed E-state index contributed by atoms with van der Waals surface area (Å²) in [7, 11) is 1.03. The highest BCUT2D eigenvalue weighted by molar-refractivity contribution is 5.95. The molecule has 0 atom stereocenters. The van der Waals surface area contributed by atoms with E-state index in [0.29, 0.717) is 12.1 Å². The second-order valence-corrected chi connectivity index (χ2v) is 4.90. The standard InChI is InChI=1S/C15H10F5N3O2/c1-25-13(24)12-11(22)8(6-21)7-23(12)10-4-2-3-9(5-10)14(16,17)15(18,19)20/h2-5,7H,22H2,1H3. The van der Waals surface area contributed by atoms with Crippen molar-refractivity contribution in [3.8, 4) is 11.8 Å². The normalized spacial score (nSPS) is 11.9. The van der Waals surface area contributed by atoms with Crippen molar-refractivity contribution in [1.29, 1.82) is 5.26 Å². The van der Waals surface area contributed by atoms with Crippen LogP contribution in [0.4, 0.5) is 27.6 Å². The Morgan fingerprint density at radius 2 is 1.92 bits per heavy atom. The van der Waals surface area contributed by atoms with Crippen LogP contribution < -0.4 is 5.73 Å². The molecule has 0 saturated carbocycles. The number of anilines is 1. The monoisotopic (exact) mass is 359 g/mol. The number of nitrogens with two attached hydrogens (primary N) is 1. The molecule has 0 bridgehead atoms. The zero-order valence-electron chi connectivity index (χ0n) is 12.6. The Labute approximate surface area is 138 Å². The molecule has 132 valence electrons. The summed E-state index contributed by atoms with van der Waals surface area (Å²) in [6.45, 7) is 0. The molecule has 0 aliphatic heterocycles. The highest BCUT2D eigenvalue weighted by Crippen LogP contribution is 2.44. The molecule has 25 heavy (non-hydrogen) atoms. The number of nitrogen functional groups attached to an aromatic ring is 1. The van der Waals surface area contributed by atoms with Crippen LogP contribution in [0, 0.1) is 11.3 Å². The molecule has 2 aromatic rings. The first kappa shape index (κ1) is 18.3. The van der Waals surface area contributed by atoms with Crippen molar-refractivity contribution in [2.75, 3.05) is 12.8 Å². The van der Waals surface area contributed by atoms with Crippen LogP contribution >= 0.6 is 0 Å². The zero-order chi connectivity index (χ0) is 19.0. The number of methoxy groups -OCH3 is 1. The SMILES string of the molecule is COC(=O)c1c(N)c(C#N)cn1-c1cccc(C(F)(F)C(F)(F)F)c1. The highest BCUT2D eigenvalue weighted by Gasteiger charge is 2.58. The second-order valence-electron chi connectivity index (χ2n) is 4.90. The summed E-state index contributed by atoms with van der Waals surface area (Å²) in [5.41, 5.74) is 3.33. The largest absolute Gasteiger partial charge is 0.464 e. The number of nitrogens with zero attached hydrogens (tertiary/aromatic N) is 2. The fraction of sp³-hybridized carbons (Fsp3) is 0.200. The molecule has 0 aliphatic rings. The molecule has 1 aromatic carbocycles. The lowest BCUT2D eigenvalue weighted by molar-refractivity contribution is -0.289. The van der Waals surface area contributed by atoms with E-state index in [2.05, 4.69) is 4.74 Å². The highest BCUT2D eigenvalue weighted by atomic mass is 19.4. The van der Waals surface area contributed by atoms with Gasteiger partial charge in [0, 0.05) is 17.4 Å². The molecular weight excluding hydrogens is 349 g/mol. The van der Waals surface area contributed by atoms with E-state index in [4.69, 9.17) is 11.0 Å². The van der Waals surface area contributed by atoms with Crippen LogP contribution in [-0.4, -0.2) is 23.8 Å². The second kappa shape index (κ2) is 6.08. The maximum absolute atomic E-state index is 13.5. The number of benzene rings is 1. The van der Waals surface area contributed by atoms with Crippen LogP contribution in [0.5, 0.6) is 0 Å². The molecule has 0 amide bonds. The van der Waals surface area contributed by atoms with Gasteiger partial charge in [0.25, 0.3) is 0 Å². The van der Waals surface area contributed by atoms with E-state index in [1.54, 1.807) is 6.07 Å². The Morgan fingerprint density at radius 3 is 2.44 bits per heavy atom. The van der Waals surface area contributed by atoms with Crippen molar-refractivity contribution < 1.29 is 31.5 Å². The van der Waals surface area contributed by atoms with Crippen LogP contribution in [0.25, 0.3) is 5.69 Å². The molecule has 0 spiro atoms. The van der Waals surface area contributed by atoms with Crippen LogP contribution in [0.1, 0.15) is 21.6 Å². The summed E-state index contributed by atoms with van der Waals surface area (Å²) in [6, 6.07) is 5.00. The first-order chi connectivity index (χ1) is 11.5. The van der Waals surface area contributed by atoms with Crippen molar-refractivity contribution in [2.45, 2.75) is 12.1 Å². The maximum Gasteiger partial charge on any atom is 0.458 e. The van der Waals surface area contributed by atoms with E-state index in [9.17, 15) is 26.7 Å². The molecule has 1 aromatic heterocycles. The molecule has 2 rings (SSSR count). The van der Waals surface area contributed by atoms with Gasteiger partial charge in [-0.05, 0) is 12.1 Å². The molecule has 0 fully saturated rings. The summed E-state index contributed by atoms with van der Waals surface area (Å²) < 4.78 is 70.1. The van der Waals surface area contributed by atoms with Crippen LogP contribution in [0.2, 0.25) is 0 Å². The minimum Gasteiger partial charge on any atom is -0.464 e. The summed E-state index contributed by atoms with van der Waals surface area (Å²) in [5, 5.41) is 8.98. The number of alkyl halides is 5. The predicted octanol–water partition coefficient (Wildman–Crippen LogP) is 3.37. The fourth-order valence-electron chi connectivity index (χ4n) is 2.13. The Balaban J connectivity index is 2.68. The summed E-state index contributed by atoms with van der Waals surface area (Å²) in [6.07, 6.45) is -4.74. The quantitative estimate of drug-likeness (QED) is 0.673. The van der Waals surface area contributed by atoms with Gasteiger partial charge >= 0.3 is 18.1 Å². The minimum absolute atomic E-state index is 0.159. The molecule has 0 radical (unpaired) electrons. The third-order valence-corrected chi connectivity index (χ3v) is 3.39. The molecule has 0 aliphatic carbocycles. The smallest absolute Gasteiger partial charge is 0.458 e. The third kappa shape index (κ3) is 3.00. The van der Waals surface area contributed by atoms with Crippen LogP contribution in [0.15, 0.2) is 30.5 Å². The number of hydrogen-bond donors (Lipinski definition) is 1. The minimum atomic E-state index is -5.79. The van der Waals surface area contributed by atoms with Crippen molar-refractivity contribution in [3.63, 3.8) is 0 Å². The number of esters is 1. The van der Waals surface area contributed by atoms with Gasteiger partial charge < -0.3 is 15.0 Å². The summed E-state index contributed by atoms with van der Waals surface area (Å²) in [5.74, 6) is -6.07. The van der Waals surface area contributed by atoms with Gasteiger partial charge in [-0.3, -0.25) is 0 Å². The van der Waals surface area contributed by atoms with Crippen molar-refractivity contribution in [2.24, 2.45) is 0 Å². The molecule has 10 heteroatoms. The van der Waals surface area contributed by atoms with E-state index in [-0.39, 0.29) is 22.6 Å². The van der Waals surface area contributed by atoms with E-state index >= 15 is 0 Å². The van der Waals surface area contributed by atoms with Gasteiger partial charge in [0.2, 0.25) is 0 Å². The van der Waals surface area contributed by atoms with Crippen LogP contribution in [0.3, 0.4) is 0 Å². The fourth-order valence-corrected chi connectivity index (χ4v) is 2.13. The predicted molar refractivity (Wildman–Crippen MR) is 76.2 cm³/mol. The summed E-state index contributed by atoms with van der Waals surface area (Å²) >= 11 is 0. The molecule has 1 heterocycles. The van der Waals surface area contributed by atoms with Crippen LogP contribution in [-0.2, 0) is 10.7 Å². The number of nitriles is 1. The molecule has 5 nitrogen and oxygen atoms in total. The van der Waals surface area contributed by atoms with Crippen molar-refractivity contribution in [3.05, 3.63) is 47.3 Å². The molecule has 2 N–H and O–H groups in total. The van der Waals surface area contributed by atoms with E-state index in [0.717, 1.165) is 23.9 Å². The molecule has 0 saturated heterocycles. The number of carbonyl (C=O) groups excluding carboxylic acids is 1. The first-order valence-corrected chi connectivity index (χ1v) is 6.59. The number of aromatic nitrogens is 1. The number of carbonyl (C=O) groups is 1. The topological polar surface area (TPSA) is 81.0 Å². The maximum atomic E-state index is 13.5. The third-order valence-electron chi connectivity index (χ3n) is 3.39. The van der Waals surface area contributed by atoms with Gasteiger partial charge in [0.15, 0.2) is 5.69 Å². The number of halogens is 5. The van der Waals surface area contributed by atoms with Crippen molar-refractivity contribution in [1.82, 2.24) is 4.57 Å². The lowest BCUT2D eigenvalue weighted by atomic mass is 10.1. The lowest BCUT2D eigenvalue weighted by Crippen LogP contribution is -2.33. The zero-order valence-corrected chi connectivity index (χ0v) is 12.6. The number of ether oxygens (including phenoxy) is 1. The Hall–Kier alpha value is -3.09. The number of hydrogen-bond acceptors (Lipinski definition) is 4. The Bertz CT molecular complexity index is 865. The Kier molecular flexibility index (Phi) is 4.44. The number of rotatable bonds is 3. The first-order valence-electron chi connectivity index (χ1n) is 6.59. The lowest BCUT2D eigenvalue weighted by Gasteiger charge is -2.20. The molecule has 0 unspecified atom stereocenters. The molecular formula is C15H10F5N3O2. The summed E-state index contributed by atoms with van der Waals surface area (Å²) in [4.78, 5) is 11.8. The van der Waals surface area contributed by atoms with Gasteiger partial charge in [-0.1, -0.05) is 12.1 Å². The average Bonchev–Trinajstić information content (AvgIpc) is 2.89. The van der Waals surface area contributed by atoms with Gasteiger partial charge in [0.1, 0.15) is 6.07 Å². The Morgan fingerprint density at radius 1 is 1.28 bits per heavy atom. The van der Waals surface area contributed by atoms with E-state index < -0.39 is 23.6 Å². The van der Waals surface area contributed by atoms with Gasteiger partial charge in [0.05, 0.1) is 18.4 Å². The average molecular weight is 359 g/mol. The van der Waals surface area contributed by atoms with Gasteiger partial charge in [-0.2, -0.15) is 27.2 Å². The van der Waals surface area contributed by atoms with Gasteiger partial charge in [-0.15, -0.1) is 0 Å².